The molecule has 1 saturated heterocycles. The third-order valence-corrected chi connectivity index (χ3v) is 11.0. The van der Waals surface area contributed by atoms with Crippen LogP contribution in [0.5, 0.6) is 0 Å². The van der Waals surface area contributed by atoms with Gasteiger partial charge in [-0.25, -0.2) is 0 Å². The van der Waals surface area contributed by atoms with Crippen molar-refractivity contribution < 1.29 is 12.6 Å². The number of benzene rings is 3. The summed E-state index contributed by atoms with van der Waals surface area (Å²) in [6, 6.07) is 28.8. The van der Waals surface area contributed by atoms with E-state index >= 15 is 0 Å². The van der Waals surface area contributed by atoms with Gasteiger partial charge >= 0.3 is 0 Å². The van der Waals surface area contributed by atoms with Crippen molar-refractivity contribution in [2.24, 2.45) is 5.92 Å². The van der Waals surface area contributed by atoms with Gasteiger partial charge in [-0.05, 0) is 91.3 Å². The van der Waals surface area contributed by atoms with Gasteiger partial charge in [0.25, 0.3) is 10.1 Å². The summed E-state index contributed by atoms with van der Waals surface area (Å²) in [5, 5.41) is 0. The Morgan fingerprint density at radius 1 is 0.744 bits per heavy atom. The van der Waals surface area contributed by atoms with Gasteiger partial charge in [0.2, 0.25) is 0 Å². The van der Waals surface area contributed by atoms with Crippen LogP contribution in [0.1, 0.15) is 81.4 Å². The second-order valence-electron chi connectivity index (χ2n) is 13.0. The van der Waals surface area contributed by atoms with Crippen molar-refractivity contribution in [1.29, 1.82) is 0 Å². The fourth-order valence-electron chi connectivity index (χ4n) is 7.75. The third kappa shape index (κ3) is 5.10. The molecule has 206 valence electrons. The largest absolute Gasteiger partial charge is 0.298 e. The lowest BCUT2D eigenvalue weighted by atomic mass is 9.51. The van der Waals surface area contributed by atoms with Crippen LogP contribution in [0.15, 0.2) is 89.8 Å². The normalized spacial score (nSPS) is 29.5. The van der Waals surface area contributed by atoms with E-state index in [1.165, 1.54) is 24.0 Å². The monoisotopic (exact) mass is 543 g/mol. The van der Waals surface area contributed by atoms with Crippen LogP contribution in [-0.2, 0) is 19.7 Å². The van der Waals surface area contributed by atoms with Gasteiger partial charge in [0.15, 0.2) is 0 Å². The van der Waals surface area contributed by atoms with Gasteiger partial charge in [-0.1, -0.05) is 93.6 Å². The molecule has 2 bridgehead atoms. The van der Waals surface area contributed by atoms with Crippen LogP contribution in [0.2, 0.25) is 0 Å². The molecule has 3 aromatic rings. The summed E-state index contributed by atoms with van der Waals surface area (Å²) < 4.78 is 34.0. The molecule has 3 aromatic carbocycles. The zero-order valence-corrected chi connectivity index (χ0v) is 24.2. The van der Waals surface area contributed by atoms with Gasteiger partial charge < -0.3 is 0 Å². The van der Waals surface area contributed by atoms with E-state index in [-0.39, 0.29) is 39.7 Å². The van der Waals surface area contributed by atoms with Crippen molar-refractivity contribution >= 4 is 10.1 Å². The molecule has 4 fully saturated rings. The van der Waals surface area contributed by atoms with Gasteiger partial charge in [0.1, 0.15) is 0 Å². The predicted octanol–water partition coefficient (Wildman–Crippen LogP) is 7.27. The SMILES string of the molecule is CC(C)(C)c1ccc(S(=O)(=O)OC2CC3(N4CCCC4)C[C@@H](c4ccccc4)C2[C@H](c2ccccc2)C3)cc1. The van der Waals surface area contributed by atoms with Crippen molar-refractivity contribution in [3.63, 3.8) is 0 Å². The van der Waals surface area contributed by atoms with Crippen molar-refractivity contribution in [2.45, 2.75) is 86.7 Å². The molecule has 0 N–H and O–H groups in total. The molecular weight excluding hydrogens is 502 g/mol. The Labute approximate surface area is 234 Å². The highest BCUT2D eigenvalue weighted by molar-refractivity contribution is 7.86. The van der Waals surface area contributed by atoms with Crippen LogP contribution in [0.4, 0.5) is 0 Å². The van der Waals surface area contributed by atoms with Crippen LogP contribution in [0.3, 0.4) is 0 Å². The topological polar surface area (TPSA) is 46.6 Å². The standard InChI is InChI=1S/C34H41NO3S/c1-33(2,3)27-16-18-28(19-17-27)39(36,37)38-31-24-34(35-20-10-11-21-35)22-29(25-12-6-4-7-13-25)32(31)30(23-34)26-14-8-5-9-15-26/h4-9,12-19,29-32H,10-11,20-24H2,1-3H3/t29-,30-,31?,32?,34?/m0/s1. The second-order valence-corrected chi connectivity index (χ2v) is 14.6. The Morgan fingerprint density at radius 2 is 1.26 bits per heavy atom. The van der Waals surface area contributed by atoms with E-state index in [1.807, 2.05) is 12.1 Å². The average Bonchev–Trinajstić information content (AvgIpc) is 3.50. The highest BCUT2D eigenvalue weighted by Gasteiger charge is 2.59. The Bertz CT molecular complexity index is 1320. The number of fused-ring (bicyclic) bond motifs is 3. The lowest BCUT2D eigenvalue weighted by Gasteiger charge is -2.61. The fourth-order valence-corrected chi connectivity index (χ4v) is 8.85. The summed E-state index contributed by atoms with van der Waals surface area (Å²) >= 11 is 0. The van der Waals surface area contributed by atoms with E-state index in [0.29, 0.717) is 0 Å². The Hall–Kier alpha value is -2.47. The minimum atomic E-state index is -3.92. The number of likely N-dealkylation sites (tertiary alicyclic amines) is 1. The predicted molar refractivity (Wildman–Crippen MR) is 156 cm³/mol. The second kappa shape index (κ2) is 10.2. The first-order valence-electron chi connectivity index (χ1n) is 14.6. The summed E-state index contributed by atoms with van der Waals surface area (Å²) in [6.45, 7) is 8.58. The summed E-state index contributed by atoms with van der Waals surface area (Å²) in [4.78, 5) is 2.93. The van der Waals surface area contributed by atoms with Crippen LogP contribution in [-0.4, -0.2) is 38.1 Å². The zero-order chi connectivity index (χ0) is 27.3. The van der Waals surface area contributed by atoms with Crippen LogP contribution in [0, 0.1) is 5.92 Å². The molecular formula is C34H41NO3S. The molecule has 1 unspecified atom stereocenters. The highest BCUT2D eigenvalue weighted by Crippen LogP contribution is 2.61. The van der Waals surface area contributed by atoms with E-state index < -0.39 is 10.1 Å². The molecule has 0 aromatic heterocycles. The van der Waals surface area contributed by atoms with Crippen LogP contribution >= 0.6 is 0 Å². The summed E-state index contributed by atoms with van der Waals surface area (Å²) in [6.07, 6.45) is 4.93. The maximum absolute atomic E-state index is 13.8. The minimum Gasteiger partial charge on any atom is -0.298 e. The number of hydrogen-bond donors (Lipinski definition) is 0. The van der Waals surface area contributed by atoms with Crippen molar-refractivity contribution in [2.75, 3.05) is 13.1 Å². The molecule has 3 atom stereocenters. The van der Waals surface area contributed by atoms with Gasteiger partial charge in [-0.3, -0.25) is 9.08 Å². The van der Waals surface area contributed by atoms with E-state index in [0.717, 1.165) is 37.9 Å². The molecule has 0 spiro atoms. The Balaban J connectivity index is 1.42. The maximum atomic E-state index is 13.8. The van der Waals surface area contributed by atoms with Crippen LogP contribution < -0.4 is 0 Å². The molecule has 0 amide bonds. The van der Waals surface area contributed by atoms with E-state index in [2.05, 4.69) is 86.3 Å². The molecule has 5 heteroatoms. The highest BCUT2D eigenvalue weighted by atomic mass is 32.2. The quantitative estimate of drug-likeness (QED) is 0.307. The lowest BCUT2D eigenvalue weighted by molar-refractivity contribution is -0.0872. The summed E-state index contributed by atoms with van der Waals surface area (Å²) in [7, 11) is -3.92. The van der Waals surface area contributed by atoms with E-state index in [4.69, 9.17) is 4.18 Å². The molecule has 1 aliphatic heterocycles. The van der Waals surface area contributed by atoms with Crippen molar-refractivity contribution in [3.05, 3.63) is 102 Å². The summed E-state index contributed by atoms with van der Waals surface area (Å²) in [5.41, 5.74) is 3.60. The smallest absolute Gasteiger partial charge is 0.297 e. The number of nitrogens with zero attached hydrogens (tertiary/aromatic N) is 1. The number of hydrogen-bond acceptors (Lipinski definition) is 4. The molecule has 39 heavy (non-hydrogen) atoms. The van der Waals surface area contributed by atoms with Crippen molar-refractivity contribution in [3.8, 4) is 0 Å². The first kappa shape index (κ1) is 26.7. The zero-order valence-electron chi connectivity index (χ0n) is 23.4. The molecule has 3 aliphatic carbocycles. The fraction of sp³-hybridized carbons (Fsp3) is 0.471. The van der Waals surface area contributed by atoms with Gasteiger partial charge in [0, 0.05) is 11.5 Å². The number of rotatable bonds is 6. The van der Waals surface area contributed by atoms with Crippen molar-refractivity contribution in [1.82, 2.24) is 4.90 Å². The lowest BCUT2D eigenvalue weighted by Crippen LogP contribution is -2.62. The van der Waals surface area contributed by atoms with Gasteiger partial charge in [0.05, 0.1) is 11.0 Å². The third-order valence-electron chi connectivity index (χ3n) is 9.63. The minimum absolute atomic E-state index is 0.0421. The van der Waals surface area contributed by atoms with E-state index in [1.54, 1.807) is 12.1 Å². The van der Waals surface area contributed by atoms with Gasteiger partial charge in [-0.15, -0.1) is 0 Å². The van der Waals surface area contributed by atoms with Crippen LogP contribution in [0.25, 0.3) is 0 Å². The molecule has 0 radical (unpaired) electrons. The first-order valence-corrected chi connectivity index (χ1v) is 16.0. The maximum Gasteiger partial charge on any atom is 0.297 e. The first-order chi connectivity index (χ1) is 18.7. The molecule has 1 heterocycles. The molecule has 7 rings (SSSR count). The molecule has 4 nitrogen and oxygen atoms in total. The summed E-state index contributed by atoms with van der Waals surface area (Å²) in [5.74, 6) is 0.564. The average molecular weight is 544 g/mol. The van der Waals surface area contributed by atoms with E-state index in [9.17, 15) is 8.42 Å². The Kier molecular flexibility index (Phi) is 6.97. The van der Waals surface area contributed by atoms with Gasteiger partial charge in [-0.2, -0.15) is 8.42 Å². The molecule has 4 aliphatic rings. The molecule has 3 saturated carbocycles. The Morgan fingerprint density at radius 3 is 1.74 bits per heavy atom.